The molecule has 2 saturated heterocycles. The molecule has 2 bridgehead atoms. The average molecular weight is 229 g/mol. The van der Waals surface area contributed by atoms with Crippen LogP contribution in [0.15, 0.2) is 5.11 Å². The number of hydrogen-bond donors (Lipinski definition) is 1. The lowest BCUT2D eigenvalue weighted by Gasteiger charge is -2.35. The average Bonchev–Trinajstić information content (AvgIpc) is 2.66. The minimum absolute atomic E-state index is 0.195. The van der Waals surface area contributed by atoms with Gasteiger partial charge < -0.3 is 19.3 Å². The predicted molar refractivity (Wildman–Crippen MR) is 49.1 cm³/mol. The normalized spacial score (nSPS) is 41.2. The van der Waals surface area contributed by atoms with Crippen molar-refractivity contribution < 1.29 is 24.1 Å². The molecule has 0 saturated carbocycles. The second-order valence-electron chi connectivity index (χ2n) is 3.64. The van der Waals surface area contributed by atoms with E-state index in [1.807, 2.05) is 0 Å². The summed E-state index contributed by atoms with van der Waals surface area (Å²) in [5.41, 5.74) is 8.41. The van der Waals surface area contributed by atoms with Gasteiger partial charge in [0.2, 0.25) is 0 Å². The van der Waals surface area contributed by atoms with Crippen LogP contribution >= 0.6 is 0 Å². The van der Waals surface area contributed by atoms with Crippen LogP contribution in [0.3, 0.4) is 0 Å². The fourth-order valence-electron chi connectivity index (χ4n) is 1.88. The number of nitrogens with zero attached hydrogens (tertiary/aromatic N) is 3. The zero-order valence-corrected chi connectivity index (χ0v) is 8.52. The van der Waals surface area contributed by atoms with Crippen LogP contribution in [0.1, 0.15) is 6.92 Å². The van der Waals surface area contributed by atoms with Crippen LogP contribution in [-0.2, 0) is 19.0 Å². The van der Waals surface area contributed by atoms with Crippen molar-refractivity contribution in [1.29, 1.82) is 0 Å². The Morgan fingerprint density at radius 3 is 3.06 bits per heavy atom. The van der Waals surface area contributed by atoms with E-state index in [-0.39, 0.29) is 6.61 Å². The predicted octanol–water partition coefficient (Wildman–Crippen LogP) is -0.287. The van der Waals surface area contributed by atoms with Gasteiger partial charge >= 0.3 is 5.97 Å². The summed E-state index contributed by atoms with van der Waals surface area (Å²) < 4.78 is 15.4. The van der Waals surface area contributed by atoms with Crippen LogP contribution in [0.5, 0.6) is 0 Å². The van der Waals surface area contributed by atoms with Crippen molar-refractivity contribution in [1.82, 2.24) is 0 Å². The molecular weight excluding hydrogens is 218 g/mol. The van der Waals surface area contributed by atoms with Gasteiger partial charge in [-0.2, -0.15) is 0 Å². The number of carbonyl (C=O) groups is 1. The van der Waals surface area contributed by atoms with Crippen molar-refractivity contribution in [3.8, 4) is 0 Å². The Labute approximate surface area is 90.7 Å². The zero-order valence-electron chi connectivity index (χ0n) is 8.52. The first kappa shape index (κ1) is 11.2. The van der Waals surface area contributed by atoms with E-state index >= 15 is 0 Å². The molecule has 2 aliphatic rings. The summed E-state index contributed by atoms with van der Waals surface area (Å²) >= 11 is 0. The standard InChI is InChI=1S/C8H11N3O5/c1-3(12)15-7-5(10-11-9)8-14-2-4(16-8)6(7)13/h4-8,13H,2H2,1H3/t4-,5+,6-,7-,8-/m1/s1. The van der Waals surface area contributed by atoms with E-state index in [0.717, 1.165) is 0 Å². The molecule has 2 rings (SSSR count). The van der Waals surface area contributed by atoms with Gasteiger partial charge in [-0.15, -0.1) is 0 Å². The summed E-state index contributed by atoms with van der Waals surface area (Å²) in [7, 11) is 0. The molecule has 0 unspecified atom stereocenters. The van der Waals surface area contributed by atoms with Gasteiger partial charge in [0.25, 0.3) is 0 Å². The highest BCUT2D eigenvalue weighted by molar-refractivity contribution is 5.66. The fourth-order valence-corrected chi connectivity index (χ4v) is 1.88. The van der Waals surface area contributed by atoms with E-state index in [0.29, 0.717) is 0 Å². The summed E-state index contributed by atoms with van der Waals surface area (Å²) in [5.74, 6) is -0.552. The quantitative estimate of drug-likeness (QED) is 0.302. The number of ether oxygens (including phenoxy) is 3. The maximum absolute atomic E-state index is 10.9. The first-order chi connectivity index (χ1) is 7.63. The molecule has 0 aliphatic carbocycles. The number of hydrogen-bond acceptors (Lipinski definition) is 6. The van der Waals surface area contributed by atoms with Crippen LogP contribution < -0.4 is 0 Å². The third-order valence-corrected chi connectivity index (χ3v) is 2.55. The van der Waals surface area contributed by atoms with Crippen molar-refractivity contribution in [3.63, 3.8) is 0 Å². The highest BCUT2D eigenvalue weighted by atomic mass is 16.7. The van der Waals surface area contributed by atoms with Crippen LogP contribution in [0.4, 0.5) is 0 Å². The van der Waals surface area contributed by atoms with Gasteiger partial charge in [-0.1, -0.05) is 5.11 Å². The van der Waals surface area contributed by atoms with Crippen LogP contribution in [0.2, 0.25) is 0 Å². The Bertz CT molecular complexity index is 343. The number of rotatable bonds is 2. The maximum atomic E-state index is 10.9. The largest absolute Gasteiger partial charge is 0.459 e. The van der Waals surface area contributed by atoms with Crippen molar-refractivity contribution in [3.05, 3.63) is 10.4 Å². The van der Waals surface area contributed by atoms with Crippen LogP contribution in [0, 0.1) is 0 Å². The minimum atomic E-state index is -1.04. The van der Waals surface area contributed by atoms with Gasteiger partial charge in [0.05, 0.1) is 6.61 Å². The summed E-state index contributed by atoms with van der Waals surface area (Å²) in [4.78, 5) is 13.5. The van der Waals surface area contributed by atoms with Gasteiger partial charge in [-0.05, 0) is 5.53 Å². The summed E-state index contributed by atoms with van der Waals surface area (Å²) in [6, 6.07) is -0.859. The number of azide groups is 1. The van der Waals surface area contributed by atoms with Crippen LogP contribution in [0.25, 0.3) is 10.4 Å². The molecule has 2 fully saturated rings. The molecule has 0 radical (unpaired) electrons. The van der Waals surface area contributed by atoms with E-state index in [9.17, 15) is 9.90 Å². The van der Waals surface area contributed by atoms with E-state index in [2.05, 4.69) is 10.0 Å². The molecule has 1 N–H and O–H groups in total. The van der Waals surface area contributed by atoms with Crippen molar-refractivity contribution >= 4 is 5.97 Å². The molecule has 0 spiro atoms. The number of fused-ring (bicyclic) bond motifs is 2. The highest BCUT2D eigenvalue weighted by Crippen LogP contribution is 2.31. The van der Waals surface area contributed by atoms with E-state index in [1.54, 1.807) is 0 Å². The van der Waals surface area contributed by atoms with Gasteiger partial charge in [0, 0.05) is 11.8 Å². The summed E-state index contributed by atoms with van der Waals surface area (Å²) in [5, 5.41) is 13.3. The van der Waals surface area contributed by atoms with E-state index in [4.69, 9.17) is 19.7 Å². The molecule has 2 heterocycles. The molecule has 0 amide bonds. The smallest absolute Gasteiger partial charge is 0.303 e. The molecule has 0 aromatic heterocycles. The maximum Gasteiger partial charge on any atom is 0.303 e. The molecule has 5 atom stereocenters. The molecule has 2 aliphatic heterocycles. The van der Waals surface area contributed by atoms with Gasteiger partial charge in [0.15, 0.2) is 6.29 Å². The number of aliphatic hydroxyl groups is 1. The summed E-state index contributed by atoms with van der Waals surface area (Å²) in [6.45, 7) is 1.42. The van der Waals surface area contributed by atoms with Crippen molar-refractivity contribution in [2.75, 3.05) is 6.61 Å². The lowest BCUT2D eigenvalue weighted by atomic mass is 9.99. The van der Waals surface area contributed by atoms with Gasteiger partial charge in [-0.25, -0.2) is 0 Å². The second kappa shape index (κ2) is 4.26. The Balaban J connectivity index is 2.22. The van der Waals surface area contributed by atoms with Gasteiger partial charge in [0.1, 0.15) is 24.4 Å². The third kappa shape index (κ3) is 1.83. The lowest BCUT2D eigenvalue weighted by molar-refractivity contribution is -0.196. The fraction of sp³-hybridized carbons (Fsp3) is 0.875. The molecular formula is C8H11N3O5. The first-order valence-electron chi connectivity index (χ1n) is 4.80. The van der Waals surface area contributed by atoms with E-state index in [1.165, 1.54) is 6.92 Å². The zero-order chi connectivity index (χ0) is 11.7. The van der Waals surface area contributed by atoms with Crippen LogP contribution in [-0.4, -0.2) is 48.3 Å². The topological polar surface area (TPSA) is 114 Å². The molecule has 8 heteroatoms. The first-order valence-corrected chi connectivity index (χ1v) is 4.80. The number of esters is 1. The third-order valence-electron chi connectivity index (χ3n) is 2.55. The van der Waals surface area contributed by atoms with E-state index < -0.39 is 36.6 Å². The minimum Gasteiger partial charge on any atom is -0.459 e. The Morgan fingerprint density at radius 2 is 2.44 bits per heavy atom. The molecule has 0 aromatic rings. The second-order valence-corrected chi connectivity index (χ2v) is 3.64. The molecule has 16 heavy (non-hydrogen) atoms. The molecule has 0 aromatic carbocycles. The SMILES string of the molecule is CC(=O)O[C@H]1[C@H](O)[C@H]2CO[C@H](O2)[C@H]1N=[N+]=[N-]. The van der Waals surface area contributed by atoms with Gasteiger partial charge in [-0.3, -0.25) is 4.79 Å². The number of carbonyl (C=O) groups excluding carboxylic acids is 1. The highest BCUT2D eigenvalue weighted by Gasteiger charge is 2.51. The lowest BCUT2D eigenvalue weighted by Crippen LogP contribution is -2.54. The Morgan fingerprint density at radius 1 is 1.69 bits per heavy atom. The molecule has 8 nitrogen and oxygen atoms in total. The summed E-state index contributed by atoms with van der Waals surface area (Å²) in [6.07, 6.45) is -3.26. The Kier molecular flexibility index (Phi) is 2.97. The number of aliphatic hydroxyl groups excluding tert-OH is 1. The van der Waals surface area contributed by atoms with Crippen molar-refractivity contribution in [2.24, 2.45) is 5.11 Å². The monoisotopic (exact) mass is 229 g/mol. The Hall–Kier alpha value is -1.34. The molecule has 88 valence electrons. The van der Waals surface area contributed by atoms with Crippen molar-refractivity contribution in [2.45, 2.75) is 37.6 Å².